The molecule has 0 heterocycles. The average molecular weight is 182 g/mol. The molecule has 1 atom stereocenters. The van der Waals surface area contributed by atoms with Crippen LogP contribution in [0.1, 0.15) is 13.3 Å². The van der Waals surface area contributed by atoms with Crippen molar-refractivity contribution in [2.75, 3.05) is 20.0 Å². The second-order valence-corrected chi connectivity index (χ2v) is 3.99. The summed E-state index contributed by atoms with van der Waals surface area (Å²) in [6.07, 6.45) is 1.32. The predicted octanol–water partition coefficient (Wildman–Crippen LogP) is 0.388. The standard InChI is InChI=1S/C6H14O4S/c1-6(4-5-9-2)10-11(3,7)8/h6H,4-5H2,1-3H3. The van der Waals surface area contributed by atoms with Crippen LogP contribution in [0.15, 0.2) is 0 Å². The van der Waals surface area contributed by atoms with Crippen LogP contribution in [0.3, 0.4) is 0 Å². The van der Waals surface area contributed by atoms with E-state index in [0.29, 0.717) is 13.0 Å². The Morgan fingerprint density at radius 2 is 2.00 bits per heavy atom. The van der Waals surface area contributed by atoms with Gasteiger partial charge in [0.1, 0.15) is 0 Å². The summed E-state index contributed by atoms with van der Waals surface area (Å²) < 4.78 is 30.5. The highest BCUT2D eigenvalue weighted by atomic mass is 32.2. The lowest BCUT2D eigenvalue weighted by molar-refractivity contribution is 0.139. The van der Waals surface area contributed by atoms with Crippen molar-refractivity contribution in [3.63, 3.8) is 0 Å². The number of hydrogen-bond donors (Lipinski definition) is 0. The third kappa shape index (κ3) is 7.77. The molecule has 0 saturated heterocycles. The van der Waals surface area contributed by atoms with Gasteiger partial charge in [0.25, 0.3) is 10.1 Å². The topological polar surface area (TPSA) is 52.6 Å². The van der Waals surface area contributed by atoms with Crippen molar-refractivity contribution in [3.05, 3.63) is 0 Å². The van der Waals surface area contributed by atoms with E-state index in [1.807, 2.05) is 0 Å². The fourth-order valence-corrected chi connectivity index (χ4v) is 1.32. The first-order valence-electron chi connectivity index (χ1n) is 3.33. The summed E-state index contributed by atoms with van der Waals surface area (Å²) in [6.45, 7) is 2.21. The summed E-state index contributed by atoms with van der Waals surface area (Å²) in [5.41, 5.74) is 0. The zero-order valence-corrected chi connectivity index (χ0v) is 7.85. The molecule has 0 bridgehead atoms. The number of ether oxygens (including phenoxy) is 1. The van der Waals surface area contributed by atoms with Crippen molar-refractivity contribution in [1.82, 2.24) is 0 Å². The van der Waals surface area contributed by atoms with Crippen LogP contribution < -0.4 is 0 Å². The van der Waals surface area contributed by atoms with Crippen LogP contribution in [0, 0.1) is 0 Å². The van der Waals surface area contributed by atoms with Gasteiger partial charge in [0.15, 0.2) is 0 Å². The maximum absolute atomic E-state index is 10.5. The molecule has 11 heavy (non-hydrogen) atoms. The Labute approximate surface area is 67.6 Å². The van der Waals surface area contributed by atoms with Crippen LogP contribution in [-0.4, -0.2) is 34.5 Å². The molecule has 4 nitrogen and oxygen atoms in total. The van der Waals surface area contributed by atoms with Crippen LogP contribution in [-0.2, 0) is 19.0 Å². The molecule has 0 aromatic carbocycles. The van der Waals surface area contributed by atoms with Crippen LogP contribution in [0.5, 0.6) is 0 Å². The molecule has 0 aliphatic heterocycles. The summed E-state index contributed by atoms with van der Waals surface area (Å²) in [5.74, 6) is 0. The normalized spacial score (nSPS) is 14.8. The van der Waals surface area contributed by atoms with Crippen molar-refractivity contribution in [1.29, 1.82) is 0 Å². The van der Waals surface area contributed by atoms with E-state index < -0.39 is 10.1 Å². The molecule has 0 aliphatic carbocycles. The number of rotatable bonds is 5. The van der Waals surface area contributed by atoms with Gasteiger partial charge in [-0.3, -0.25) is 4.18 Å². The minimum atomic E-state index is -3.31. The zero-order chi connectivity index (χ0) is 8.91. The van der Waals surface area contributed by atoms with Gasteiger partial charge in [-0.05, 0) is 13.3 Å². The lowest BCUT2D eigenvalue weighted by atomic mass is 10.3. The maximum Gasteiger partial charge on any atom is 0.264 e. The molecule has 0 saturated carbocycles. The first kappa shape index (κ1) is 10.9. The van der Waals surface area contributed by atoms with Gasteiger partial charge in [-0.15, -0.1) is 0 Å². The Bertz CT molecular complexity index is 185. The van der Waals surface area contributed by atoms with Crippen molar-refractivity contribution in [2.45, 2.75) is 19.4 Å². The van der Waals surface area contributed by atoms with E-state index >= 15 is 0 Å². The van der Waals surface area contributed by atoms with Crippen LogP contribution in [0.4, 0.5) is 0 Å². The van der Waals surface area contributed by atoms with E-state index in [0.717, 1.165) is 6.26 Å². The van der Waals surface area contributed by atoms with Gasteiger partial charge in [-0.1, -0.05) is 0 Å². The molecule has 1 unspecified atom stereocenters. The van der Waals surface area contributed by atoms with E-state index in [1.165, 1.54) is 0 Å². The second kappa shape index (κ2) is 4.69. The summed E-state index contributed by atoms with van der Waals surface area (Å²) >= 11 is 0. The van der Waals surface area contributed by atoms with Crippen LogP contribution in [0.2, 0.25) is 0 Å². The Hall–Kier alpha value is -0.130. The Kier molecular flexibility index (Phi) is 4.63. The average Bonchev–Trinajstić information content (AvgIpc) is 1.79. The summed E-state index contributed by atoms with van der Waals surface area (Å²) in [4.78, 5) is 0. The molecule has 0 fully saturated rings. The lowest BCUT2D eigenvalue weighted by Crippen LogP contribution is -2.15. The van der Waals surface area contributed by atoms with Gasteiger partial charge in [0.05, 0.1) is 12.4 Å². The zero-order valence-electron chi connectivity index (χ0n) is 7.03. The van der Waals surface area contributed by atoms with Gasteiger partial charge in [-0.25, -0.2) is 0 Å². The van der Waals surface area contributed by atoms with Crippen molar-refractivity contribution in [2.24, 2.45) is 0 Å². The SMILES string of the molecule is COCCC(C)OS(C)(=O)=O. The molecule has 0 amide bonds. The van der Waals surface area contributed by atoms with Gasteiger partial charge in [0, 0.05) is 13.7 Å². The molecule has 0 aliphatic rings. The molecule has 0 radical (unpaired) electrons. The van der Waals surface area contributed by atoms with E-state index in [1.54, 1.807) is 14.0 Å². The van der Waals surface area contributed by atoms with Gasteiger partial charge in [-0.2, -0.15) is 8.42 Å². The van der Waals surface area contributed by atoms with Crippen LogP contribution >= 0.6 is 0 Å². The van der Waals surface area contributed by atoms with Gasteiger partial charge in [0.2, 0.25) is 0 Å². The molecule has 0 rings (SSSR count). The fraction of sp³-hybridized carbons (Fsp3) is 1.00. The number of methoxy groups -OCH3 is 1. The minimum Gasteiger partial charge on any atom is -0.385 e. The Morgan fingerprint density at radius 1 is 1.45 bits per heavy atom. The molecular formula is C6H14O4S. The van der Waals surface area contributed by atoms with E-state index in [4.69, 9.17) is 4.74 Å². The predicted molar refractivity (Wildman–Crippen MR) is 41.9 cm³/mol. The van der Waals surface area contributed by atoms with E-state index in [-0.39, 0.29) is 6.10 Å². The summed E-state index contributed by atoms with van der Waals surface area (Å²) in [7, 11) is -1.75. The third-order valence-electron chi connectivity index (χ3n) is 1.07. The fourth-order valence-electron chi connectivity index (χ4n) is 0.630. The quantitative estimate of drug-likeness (QED) is 0.577. The van der Waals surface area contributed by atoms with Crippen molar-refractivity contribution >= 4 is 10.1 Å². The first-order chi connectivity index (χ1) is 4.95. The molecule has 0 N–H and O–H groups in total. The Morgan fingerprint density at radius 3 is 2.36 bits per heavy atom. The highest BCUT2D eigenvalue weighted by Crippen LogP contribution is 2.01. The van der Waals surface area contributed by atoms with Gasteiger partial charge >= 0.3 is 0 Å². The lowest BCUT2D eigenvalue weighted by Gasteiger charge is -2.09. The largest absolute Gasteiger partial charge is 0.385 e. The second-order valence-electron chi connectivity index (χ2n) is 2.39. The number of hydrogen-bond acceptors (Lipinski definition) is 4. The van der Waals surface area contributed by atoms with Crippen molar-refractivity contribution < 1.29 is 17.3 Å². The molecule has 68 valence electrons. The highest BCUT2D eigenvalue weighted by molar-refractivity contribution is 7.86. The molecule has 5 heteroatoms. The van der Waals surface area contributed by atoms with E-state index in [9.17, 15) is 8.42 Å². The monoisotopic (exact) mass is 182 g/mol. The van der Waals surface area contributed by atoms with Crippen LogP contribution in [0.25, 0.3) is 0 Å². The first-order valence-corrected chi connectivity index (χ1v) is 5.14. The Balaban J connectivity index is 3.61. The van der Waals surface area contributed by atoms with Gasteiger partial charge < -0.3 is 4.74 Å². The van der Waals surface area contributed by atoms with Crippen molar-refractivity contribution in [3.8, 4) is 0 Å². The smallest absolute Gasteiger partial charge is 0.264 e. The third-order valence-corrected chi connectivity index (χ3v) is 1.75. The maximum atomic E-state index is 10.5. The molecule has 0 aromatic rings. The molecular weight excluding hydrogens is 168 g/mol. The summed E-state index contributed by atoms with van der Waals surface area (Å²) in [5, 5.41) is 0. The minimum absolute atomic E-state index is 0.301. The molecule has 0 aromatic heterocycles. The van der Waals surface area contributed by atoms with E-state index in [2.05, 4.69) is 4.18 Å². The highest BCUT2D eigenvalue weighted by Gasteiger charge is 2.08. The molecule has 0 spiro atoms. The summed E-state index contributed by atoms with van der Waals surface area (Å²) in [6, 6.07) is 0.